The van der Waals surface area contributed by atoms with Crippen molar-refractivity contribution in [3.05, 3.63) is 0 Å². The van der Waals surface area contributed by atoms with Gasteiger partial charge in [-0.05, 0) is 49.9 Å². The van der Waals surface area contributed by atoms with Gasteiger partial charge in [-0.25, -0.2) is 0 Å². The van der Waals surface area contributed by atoms with Crippen LogP contribution >= 0.6 is 0 Å². The SMILES string of the molecule is CC1CC(OC(=O)CCC(=O)N2CCCCC2)CC(C)(C)C1. The second-order valence-electron chi connectivity index (χ2n) is 7.97. The lowest BCUT2D eigenvalue weighted by Crippen LogP contribution is -2.36. The Kier molecular flexibility index (Phi) is 5.87. The highest BCUT2D eigenvalue weighted by atomic mass is 16.5. The molecule has 2 aliphatic rings. The zero-order valence-corrected chi connectivity index (χ0v) is 14.4. The van der Waals surface area contributed by atoms with Crippen LogP contribution in [-0.2, 0) is 14.3 Å². The van der Waals surface area contributed by atoms with Crippen LogP contribution in [0, 0.1) is 11.3 Å². The molecular weight excluding hydrogens is 278 g/mol. The highest BCUT2D eigenvalue weighted by Gasteiger charge is 2.34. The van der Waals surface area contributed by atoms with E-state index in [1.807, 2.05) is 4.90 Å². The monoisotopic (exact) mass is 309 g/mol. The summed E-state index contributed by atoms with van der Waals surface area (Å²) in [5.74, 6) is 0.491. The molecule has 1 amide bonds. The fourth-order valence-corrected chi connectivity index (χ4v) is 4.10. The van der Waals surface area contributed by atoms with Gasteiger partial charge in [0.05, 0.1) is 6.42 Å². The number of piperidine rings is 1. The number of likely N-dealkylation sites (tertiary alicyclic amines) is 1. The first-order valence-corrected chi connectivity index (χ1v) is 8.83. The van der Waals surface area contributed by atoms with E-state index in [2.05, 4.69) is 20.8 Å². The van der Waals surface area contributed by atoms with Gasteiger partial charge in [0.1, 0.15) is 6.10 Å². The zero-order chi connectivity index (χ0) is 16.2. The fourth-order valence-electron chi connectivity index (χ4n) is 4.10. The fraction of sp³-hybridized carbons (Fsp3) is 0.889. The van der Waals surface area contributed by atoms with Crippen molar-refractivity contribution in [3.8, 4) is 0 Å². The number of carbonyl (C=O) groups excluding carboxylic acids is 2. The summed E-state index contributed by atoms with van der Waals surface area (Å²) in [7, 11) is 0. The molecule has 1 aliphatic carbocycles. The summed E-state index contributed by atoms with van der Waals surface area (Å²) in [6.45, 7) is 8.40. The lowest BCUT2D eigenvalue weighted by atomic mass is 9.71. The molecule has 1 heterocycles. The molecule has 2 fully saturated rings. The summed E-state index contributed by atoms with van der Waals surface area (Å²) in [6.07, 6.45) is 7.01. The molecule has 0 N–H and O–H groups in total. The maximum atomic E-state index is 12.1. The normalized spacial score (nSPS) is 28.2. The van der Waals surface area contributed by atoms with E-state index in [0.29, 0.717) is 12.3 Å². The van der Waals surface area contributed by atoms with Gasteiger partial charge in [0.25, 0.3) is 0 Å². The summed E-state index contributed by atoms with van der Waals surface area (Å²) < 4.78 is 5.63. The molecule has 4 heteroatoms. The van der Waals surface area contributed by atoms with Crippen LogP contribution in [0.3, 0.4) is 0 Å². The first-order valence-electron chi connectivity index (χ1n) is 8.83. The van der Waals surface area contributed by atoms with Crippen LogP contribution in [0.1, 0.15) is 72.1 Å². The van der Waals surface area contributed by atoms with Crippen molar-refractivity contribution in [2.24, 2.45) is 11.3 Å². The molecule has 126 valence electrons. The Morgan fingerprint density at radius 1 is 1.09 bits per heavy atom. The van der Waals surface area contributed by atoms with E-state index in [1.54, 1.807) is 0 Å². The van der Waals surface area contributed by atoms with E-state index in [9.17, 15) is 9.59 Å². The summed E-state index contributed by atoms with van der Waals surface area (Å²) in [5.41, 5.74) is 0.242. The number of hydrogen-bond acceptors (Lipinski definition) is 3. The molecule has 1 aliphatic heterocycles. The van der Waals surface area contributed by atoms with Gasteiger partial charge < -0.3 is 9.64 Å². The molecule has 0 aromatic carbocycles. The van der Waals surface area contributed by atoms with Gasteiger partial charge in [0, 0.05) is 19.5 Å². The smallest absolute Gasteiger partial charge is 0.306 e. The molecule has 1 saturated heterocycles. The second-order valence-corrected chi connectivity index (χ2v) is 7.97. The van der Waals surface area contributed by atoms with Crippen LogP contribution in [0.15, 0.2) is 0 Å². The molecule has 1 saturated carbocycles. The van der Waals surface area contributed by atoms with Crippen molar-refractivity contribution in [1.29, 1.82) is 0 Å². The standard InChI is InChI=1S/C18H31NO3/c1-14-11-15(13-18(2,3)12-14)22-17(21)8-7-16(20)19-9-5-4-6-10-19/h14-15H,4-13H2,1-3H3. The van der Waals surface area contributed by atoms with Gasteiger partial charge in [0.15, 0.2) is 0 Å². The van der Waals surface area contributed by atoms with Crippen LogP contribution in [-0.4, -0.2) is 36.0 Å². The predicted octanol–water partition coefficient (Wildman–Crippen LogP) is 3.54. The third-order valence-electron chi connectivity index (χ3n) is 4.90. The minimum atomic E-state index is -0.208. The van der Waals surface area contributed by atoms with Crippen molar-refractivity contribution in [2.75, 3.05) is 13.1 Å². The molecule has 0 spiro atoms. The zero-order valence-electron chi connectivity index (χ0n) is 14.4. The van der Waals surface area contributed by atoms with E-state index in [1.165, 1.54) is 12.8 Å². The third kappa shape index (κ3) is 5.29. The number of ether oxygens (including phenoxy) is 1. The molecule has 4 nitrogen and oxygen atoms in total. The lowest BCUT2D eigenvalue weighted by molar-refractivity contribution is -0.155. The minimum absolute atomic E-state index is 0.0244. The van der Waals surface area contributed by atoms with Crippen LogP contribution < -0.4 is 0 Å². The Balaban J connectivity index is 1.72. The largest absolute Gasteiger partial charge is 0.462 e. The molecule has 22 heavy (non-hydrogen) atoms. The van der Waals surface area contributed by atoms with Crippen molar-refractivity contribution < 1.29 is 14.3 Å². The molecule has 2 unspecified atom stereocenters. The molecule has 0 bridgehead atoms. The first-order chi connectivity index (χ1) is 10.4. The van der Waals surface area contributed by atoms with E-state index >= 15 is 0 Å². The van der Waals surface area contributed by atoms with Gasteiger partial charge in [-0.2, -0.15) is 0 Å². The van der Waals surface area contributed by atoms with Crippen molar-refractivity contribution in [1.82, 2.24) is 4.90 Å². The minimum Gasteiger partial charge on any atom is -0.462 e. The second kappa shape index (κ2) is 7.47. The Bertz CT molecular complexity index is 399. The Labute approximate surface area is 134 Å². The van der Waals surface area contributed by atoms with Gasteiger partial charge in [-0.3, -0.25) is 9.59 Å². The Morgan fingerprint density at radius 3 is 2.41 bits per heavy atom. The molecule has 0 aromatic rings. The van der Waals surface area contributed by atoms with Crippen LogP contribution in [0.5, 0.6) is 0 Å². The summed E-state index contributed by atoms with van der Waals surface area (Å²) in [6, 6.07) is 0. The van der Waals surface area contributed by atoms with Crippen LogP contribution in [0.2, 0.25) is 0 Å². The number of esters is 1. The van der Waals surface area contributed by atoms with Gasteiger partial charge in [0.2, 0.25) is 5.91 Å². The number of hydrogen-bond donors (Lipinski definition) is 0. The van der Waals surface area contributed by atoms with Gasteiger partial charge in [-0.1, -0.05) is 20.8 Å². The summed E-state index contributed by atoms with van der Waals surface area (Å²) in [5, 5.41) is 0. The maximum Gasteiger partial charge on any atom is 0.306 e. The van der Waals surface area contributed by atoms with Gasteiger partial charge in [-0.15, -0.1) is 0 Å². The molecule has 2 rings (SSSR count). The lowest BCUT2D eigenvalue weighted by Gasteiger charge is -2.38. The van der Waals surface area contributed by atoms with E-state index in [-0.39, 0.29) is 29.8 Å². The average Bonchev–Trinajstić information content (AvgIpc) is 2.43. The first kappa shape index (κ1) is 17.3. The number of rotatable bonds is 4. The maximum absolute atomic E-state index is 12.1. The topological polar surface area (TPSA) is 46.6 Å². The van der Waals surface area contributed by atoms with Crippen molar-refractivity contribution in [2.45, 2.75) is 78.2 Å². The molecule has 0 aromatic heterocycles. The number of carbonyl (C=O) groups is 2. The summed E-state index contributed by atoms with van der Waals surface area (Å²) in [4.78, 5) is 26.0. The molecule has 2 atom stereocenters. The quantitative estimate of drug-likeness (QED) is 0.746. The van der Waals surface area contributed by atoms with E-state index in [0.717, 1.165) is 38.8 Å². The molecular formula is C18H31NO3. The summed E-state index contributed by atoms with van der Waals surface area (Å²) >= 11 is 0. The van der Waals surface area contributed by atoms with E-state index < -0.39 is 0 Å². The van der Waals surface area contributed by atoms with Crippen molar-refractivity contribution in [3.63, 3.8) is 0 Å². The number of nitrogens with zero attached hydrogens (tertiary/aromatic N) is 1. The Morgan fingerprint density at radius 2 is 1.77 bits per heavy atom. The Hall–Kier alpha value is -1.06. The highest BCUT2D eigenvalue weighted by Crippen LogP contribution is 2.39. The van der Waals surface area contributed by atoms with Crippen LogP contribution in [0.25, 0.3) is 0 Å². The number of amides is 1. The highest BCUT2D eigenvalue weighted by molar-refractivity contribution is 5.81. The average molecular weight is 309 g/mol. The third-order valence-corrected chi connectivity index (χ3v) is 4.90. The van der Waals surface area contributed by atoms with Crippen molar-refractivity contribution >= 4 is 11.9 Å². The van der Waals surface area contributed by atoms with E-state index in [4.69, 9.17) is 4.74 Å². The van der Waals surface area contributed by atoms with Crippen LogP contribution in [0.4, 0.5) is 0 Å². The van der Waals surface area contributed by atoms with Gasteiger partial charge >= 0.3 is 5.97 Å². The predicted molar refractivity (Wildman–Crippen MR) is 86.3 cm³/mol. The molecule has 0 radical (unpaired) electrons.